The molecule has 0 aliphatic carbocycles. The van der Waals surface area contributed by atoms with E-state index in [1.165, 1.54) is 16.9 Å². The lowest BCUT2D eigenvalue weighted by Crippen LogP contribution is -2.43. The van der Waals surface area contributed by atoms with Crippen molar-refractivity contribution in [1.82, 2.24) is 9.78 Å². The van der Waals surface area contributed by atoms with Crippen LogP contribution >= 0.6 is 0 Å². The number of para-hydroxylation sites is 1. The second kappa shape index (κ2) is 5.23. The standard InChI is InChI=1S/C19H12F2N4O2/c20-10-5-6-15(13(21)7-10)25-17-12(9-22-25)19(8-16(26)24-17)11-3-1-2-4-14(11)23-18(19)27/h1-7,9H,8H2,(H,23,27)(H,24,26). The topological polar surface area (TPSA) is 76.0 Å². The van der Waals surface area contributed by atoms with Crippen LogP contribution in [0.5, 0.6) is 0 Å². The van der Waals surface area contributed by atoms with Gasteiger partial charge in [0.1, 0.15) is 22.7 Å². The molecule has 1 aromatic heterocycles. The van der Waals surface area contributed by atoms with Crippen LogP contribution in [0.15, 0.2) is 48.7 Å². The zero-order valence-electron chi connectivity index (χ0n) is 13.8. The third kappa shape index (κ3) is 2.00. The summed E-state index contributed by atoms with van der Waals surface area (Å²) in [5.74, 6) is -2.07. The quantitative estimate of drug-likeness (QED) is 0.695. The van der Waals surface area contributed by atoms with Crippen LogP contribution in [0.25, 0.3) is 5.69 Å². The molecule has 1 unspecified atom stereocenters. The average molecular weight is 366 g/mol. The Labute approximate surface area is 151 Å². The number of benzene rings is 2. The zero-order chi connectivity index (χ0) is 18.8. The number of anilines is 2. The van der Waals surface area contributed by atoms with Gasteiger partial charge in [-0.1, -0.05) is 18.2 Å². The molecule has 0 saturated carbocycles. The maximum Gasteiger partial charge on any atom is 0.240 e. The highest BCUT2D eigenvalue weighted by Crippen LogP contribution is 2.50. The predicted molar refractivity (Wildman–Crippen MR) is 92.6 cm³/mol. The molecule has 1 atom stereocenters. The molecule has 3 heterocycles. The summed E-state index contributed by atoms with van der Waals surface area (Å²) in [4.78, 5) is 25.4. The number of amides is 2. The first-order valence-electron chi connectivity index (χ1n) is 8.25. The highest BCUT2D eigenvalue weighted by molar-refractivity contribution is 6.14. The van der Waals surface area contributed by atoms with Crippen molar-refractivity contribution in [1.29, 1.82) is 0 Å². The first-order valence-corrected chi connectivity index (χ1v) is 8.25. The Morgan fingerprint density at radius 2 is 1.85 bits per heavy atom. The van der Waals surface area contributed by atoms with Gasteiger partial charge in [0.2, 0.25) is 11.8 Å². The fraction of sp³-hybridized carbons (Fsp3) is 0.105. The molecule has 2 amide bonds. The molecule has 2 aromatic carbocycles. The summed E-state index contributed by atoms with van der Waals surface area (Å²) in [5.41, 5.74) is 0.507. The molecule has 0 bridgehead atoms. The van der Waals surface area contributed by atoms with Crippen LogP contribution in [0, 0.1) is 11.6 Å². The fourth-order valence-electron chi connectivity index (χ4n) is 3.89. The molecule has 2 aliphatic heterocycles. The molecular formula is C19H12F2N4O2. The molecule has 8 heteroatoms. The Hall–Kier alpha value is -3.55. The number of nitrogens with one attached hydrogen (secondary N) is 2. The van der Waals surface area contributed by atoms with E-state index < -0.39 is 23.0 Å². The van der Waals surface area contributed by atoms with Gasteiger partial charge in [-0.05, 0) is 23.8 Å². The number of aromatic nitrogens is 2. The van der Waals surface area contributed by atoms with E-state index in [1.54, 1.807) is 24.3 Å². The van der Waals surface area contributed by atoms with Gasteiger partial charge >= 0.3 is 0 Å². The van der Waals surface area contributed by atoms with E-state index in [1.807, 2.05) is 0 Å². The van der Waals surface area contributed by atoms with Gasteiger partial charge in [0.25, 0.3) is 0 Å². The summed E-state index contributed by atoms with van der Waals surface area (Å²) < 4.78 is 28.7. The van der Waals surface area contributed by atoms with Crippen molar-refractivity contribution in [3.8, 4) is 5.69 Å². The highest BCUT2D eigenvalue weighted by Gasteiger charge is 2.54. The van der Waals surface area contributed by atoms with Crippen LogP contribution in [0.2, 0.25) is 0 Å². The van der Waals surface area contributed by atoms with Gasteiger partial charge in [0.15, 0.2) is 5.82 Å². The summed E-state index contributed by atoms with van der Waals surface area (Å²) in [6.07, 6.45) is 1.36. The van der Waals surface area contributed by atoms with Crippen molar-refractivity contribution < 1.29 is 18.4 Å². The maximum absolute atomic E-state index is 14.3. The molecule has 27 heavy (non-hydrogen) atoms. The van der Waals surface area contributed by atoms with E-state index in [9.17, 15) is 18.4 Å². The minimum absolute atomic E-state index is 0.0262. The largest absolute Gasteiger partial charge is 0.325 e. The normalized spacial score (nSPS) is 20.2. The molecule has 3 aromatic rings. The van der Waals surface area contributed by atoms with Crippen LogP contribution in [-0.4, -0.2) is 21.6 Å². The first kappa shape index (κ1) is 15.7. The van der Waals surface area contributed by atoms with Gasteiger partial charge in [-0.15, -0.1) is 0 Å². The molecule has 134 valence electrons. The van der Waals surface area contributed by atoms with Crippen molar-refractivity contribution in [3.63, 3.8) is 0 Å². The van der Waals surface area contributed by atoms with E-state index >= 15 is 0 Å². The van der Waals surface area contributed by atoms with E-state index in [2.05, 4.69) is 15.7 Å². The number of rotatable bonds is 1. The lowest BCUT2D eigenvalue weighted by Gasteiger charge is -2.31. The Morgan fingerprint density at radius 1 is 1.04 bits per heavy atom. The van der Waals surface area contributed by atoms with Gasteiger partial charge in [0, 0.05) is 23.7 Å². The number of hydrogen-bond acceptors (Lipinski definition) is 3. The maximum atomic E-state index is 14.3. The van der Waals surface area contributed by atoms with Crippen molar-refractivity contribution in [3.05, 3.63) is 71.4 Å². The molecule has 5 rings (SSSR count). The molecule has 1 spiro atoms. The van der Waals surface area contributed by atoms with E-state index in [-0.39, 0.29) is 23.8 Å². The summed E-state index contributed by atoms with van der Waals surface area (Å²) >= 11 is 0. The van der Waals surface area contributed by atoms with Crippen LogP contribution in [0.4, 0.5) is 20.3 Å². The average Bonchev–Trinajstić information content (AvgIpc) is 3.16. The smallest absolute Gasteiger partial charge is 0.240 e. The first-order chi connectivity index (χ1) is 13.0. The number of fused-ring (bicyclic) bond motifs is 4. The Kier molecular flexibility index (Phi) is 3.04. The van der Waals surface area contributed by atoms with Crippen molar-refractivity contribution in [2.45, 2.75) is 11.8 Å². The van der Waals surface area contributed by atoms with E-state index in [4.69, 9.17) is 0 Å². The predicted octanol–water partition coefficient (Wildman–Crippen LogP) is 2.73. The number of nitrogens with zero attached hydrogens (tertiary/aromatic N) is 2. The monoisotopic (exact) mass is 366 g/mol. The zero-order valence-corrected chi connectivity index (χ0v) is 13.8. The van der Waals surface area contributed by atoms with Crippen LogP contribution in [0.3, 0.4) is 0 Å². The minimum atomic E-state index is -1.23. The van der Waals surface area contributed by atoms with Gasteiger partial charge in [-0.2, -0.15) is 5.10 Å². The molecular weight excluding hydrogens is 354 g/mol. The Bertz CT molecular complexity index is 1140. The minimum Gasteiger partial charge on any atom is -0.325 e. The Balaban J connectivity index is 1.77. The SMILES string of the molecule is O=C1CC2(C(=O)Nc3ccccc32)c2cnn(-c3ccc(F)cc3F)c2N1. The molecule has 0 fully saturated rings. The number of hydrogen-bond donors (Lipinski definition) is 2. The Morgan fingerprint density at radius 3 is 2.67 bits per heavy atom. The van der Waals surface area contributed by atoms with Crippen molar-refractivity contribution in [2.75, 3.05) is 10.6 Å². The lowest BCUT2D eigenvalue weighted by atomic mass is 9.72. The van der Waals surface area contributed by atoms with E-state index in [0.29, 0.717) is 16.8 Å². The summed E-state index contributed by atoms with van der Waals surface area (Å²) in [5, 5.41) is 9.66. The fourth-order valence-corrected chi connectivity index (χ4v) is 3.89. The number of halogens is 2. The molecule has 0 saturated heterocycles. The molecule has 2 N–H and O–H groups in total. The van der Waals surface area contributed by atoms with Crippen molar-refractivity contribution in [2.24, 2.45) is 0 Å². The van der Waals surface area contributed by atoms with Crippen molar-refractivity contribution >= 4 is 23.3 Å². The van der Waals surface area contributed by atoms with Gasteiger partial charge in [-0.25, -0.2) is 13.5 Å². The number of carbonyl (C=O) groups is 2. The molecule has 0 radical (unpaired) electrons. The highest BCUT2D eigenvalue weighted by atomic mass is 19.1. The lowest BCUT2D eigenvalue weighted by molar-refractivity contribution is -0.125. The second-order valence-corrected chi connectivity index (χ2v) is 6.54. The van der Waals surface area contributed by atoms with E-state index in [0.717, 1.165) is 12.1 Å². The third-order valence-electron chi connectivity index (χ3n) is 5.07. The number of carbonyl (C=O) groups excluding carboxylic acids is 2. The van der Waals surface area contributed by atoms with Crippen LogP contribution in [-0.2, 0) is 15.0 Å². The van der Waals surface area contributed by atoms with Gasteiger partial charge in [0.05, 0.1) is 6.20 Å². The van der Waals surface area contributed by atoms with Crippen LogP contribution in [0.1, 0.15) is 17.5 Å². The molecule has 2 aliphatic rings. The van der Waals surface area contributed by atoms with Crippen LogP contribution < -0.4 is 10.6 Å². The third-order valence-corrected chi connectivity index (χ3v) is 5.07. The molecule has 6 nitrogen and oxygen atoms in total. The van der Waals surface area contributed by atoms with Gasteiger partial charge < -0.3 is 10.6 Å². The summed E-state index contributed by atoms with van der Waals surface area (Å²) in [7, 11) is 0. The summed E-state index contributed by atoms with van der Waals surface area (Å²) in [6.45, 7) is 0. The van der Waals surface area contributed by atoms with Gasteiger partial charge in [-0.3, -0.25) is 9.59 Å². The summed E-state index contributed by atoms with van der Waals surface area (Å²) in [6, 6.07) is 10.2. The second-order valence-electron chi connectivity index (χ2n) is 6.54.